The van der Waals surface area contributed by atoms with Gasteiger partial charge in [0.05, 0.1) is 25.4 Å². The lowest BCUT2D eigenvalue weighted by Crippen LogP contribution is -2.15. The molecule has 8 heteroatoms. The molecule has 142 valence electrons. The molecule has 0 bridgehead atoms. The normalized spacial score (nSPS) is 11.5. The zero-order chi connectivity index (χ0) is 19.7. The standard InChI is InChI=1S/C20H17N3O4S/c1-26-14-7-8-19(27-2)20(13-14)28(24,25)23-12-10-18(22-23)16-9-11-21-17-6-4-3-5-15(16)17/h3-13H,1-2H3. The SMILES string of the molecule is COc1ccc(OC)c(S(=O)(=O)n2ccc(-c3ccnc4ccccc34)n2)c1. The summed E-state index contributed by atoms with van der Waals surface area (Å²) in [5.74, 6) is 0.624. The molecule has 2 aromatic heterocycles. The third kappa shape index (κ3) is 2.97. The number of hydrogen-bond donors (Lipinski definition) is 0. The number of hydrogen-bond acceptors (Lipinski definition) is 6. The molecule has 4 rings (SSSR count). The average Bonchev–Trinajstić information content (AvgIpc) is 3.23. The third-order valence-corrected chi connectivity index (χ3v) is 5.96. The Labute approximate surface area is 162 Å². The predicted molar refractivity (Wildman–Crippen MR) is 105 cm³/mol. The summed E-state index contributed by atoms with van der Waals surface area (Å²) in [6.45, 7) is 0. The summed E-state index contributed by atoms with van der Waals surface area (Å²) < 4.78 is 37.6. The Kier molecular flexibility index (Phi) is 4.48. The van der Waals surface area contributed by atoms with Crippen molar-refractivity contribution in [3.8, 4) is 22.8 Å². The largest absolute Gasteiger partial charge is 0.497 e. The lowest BCUT2D eigenvalue weighted by molar-refractivity contribution is 0.392. The van der Waals surface area contributed by atoms with Crippen LogP contribution in [0.25, 0.3) is 22.2 Å². The van der Waals surface area contributed by atoms with Crippen LogP contribution in [0, 0.1) is 0 Å². The van der Waals surface area contributed by atoms with Crippen LogP contribution in [0.1, 0.15) is 0 Å². The highest BCUT2D eigenvalue weighted by atomic mass is 32.2. The number of pyridine rings is 1. The van der Waals surface area contributed by atoms with Crippen LogP contribution in [0.2, 0.25) is 0 Å². The van der Waals surface area contributed by atoms with E-state index in [-0.39, 0.29) is 10.6 Å². The van der Waals surface area contributed by atoms with Crippen LogP contribution >= 0.6 is 0 Å². The molecule has 0 spiro atoms. The Hall–Kier alpha value is -3.39. The van der Waals surface area contributed by atoms with E-state index >= 15 is 0 Å². The number of aromatic nitrogens is 3. The van der Waals surface area contributed by atoms with E-state index in [0.29, 0.717) is 11.4 Å². The highest BCUT2D eigenvalue weighted by Crippen LogP contribution is 2.31. The van der Waals surface area contributed by atoms with E-state index in [1.54, 1.807) is 24.4 Å². The zero-order valence-corrected chi connectivity index (χ0v) is 16.1. The van der Waals surface area contributed by atoms with E-state index in [2.05, 4.69) is 10.1 Å². The number of benzene rings is 2. The van der Waals surface area contributed by atoms with E-state index in [1.165, 1.54) is 26.5 Å². The molecule has 2 aromatic carbocycles. The first-order chi connectivity index (χ1) is 13.5. The molecule has 0 amide bonds. The van der Waals surface area contributed by atoms with E-state index in [0.717, 1.165) is 20.6 Å². The van der Waals surface area contributed by atoms with Crippen LogP contribution in [0.4, 0.5) is 0 Å². The Balaban J connectivity index is 1.83. The average molecular weight is 395 g/mol. The summed E-state index contributed by atoms with van der Waals surface area (Å²) in [5.41, 5.74) is 2.15. The highest BCUT2D eigenvalue weighted by molar-refractivity contribution is 7.90. The number of nitrogens with zero attached hydrogens (tertiary/aromatic N) is 3. The summed E-state index contributed by atoms with van der Waals surface area (Å²) in [7, 11) is -1.08. The molecule has 0 saturated heterocycles. The summed E-state index contributed by atoms with van der Waals surface area (Å²) >= 11 is 0. The number of rotatable bonds is 5. The van der Waals surface area contributed by atoms with Gasteiger partial charge in [0, 0.05) is 29.4 Å². The highest BCUT2D eigenvalue weighted by Gasteiger charge is 2.24. The van der Waals surface area contributed by atoms with Gasteiger partial charge in [0.2, 0.25) is 0 Å². The molecule has 0 aliphatic heterocycles. The van der Waals surface area contributed by atoms with Gasteiger partial charge < -0.3 is 9.47 Å². The van der Waals surface area contributed by atoms with E-state index in [1.807, 2.05) is 30.3 Å². The summed E-state index contributed by atoms with van der Waals surface area (Å²) in [4.78, 5) is 4.30. The molecular weight excluding hydrogens is 378 g/mol. The molecule has 0 N–H and O–H groups in total. The number of methoxy groups -OCH3 is 2. The van der Waals surface area contributed by atoms with Crippen molar-refractivity contribution in [1.82, 2.24) is 14.2 Å². The summed E-state index contributed by atoms with van der Waals surface area (Å²) in [6, 6.07) is 15.7. The van der Waals surface area contributed by atoms with Crippen molar-refractivity contribution in [2.24, 2.45) is 0 Å². The molecule has 2 heterocycles. The van der Waals surface area contributed by atoms with Crippen LogP contribution in [0.15, 0.2) is 71.9 Å². The van der Waals surface area contributed by atoms with Gasteiger partial charge in [-0.25, -0.2) is 0 Å². The molecule has 7 nitrogen and oxygen atoms in total. The molecule has 0 atom stereocenters. The van der Waals surface area contributed by atoms with Crippen molar-refractivity contribution in [3.05, 3.63) is 67.0 Å². The molecule has 0 saturated carbocycles. The quantitative estimate of drug-likeness (QED) is 0.515. The smallest absolute Gasteiger partial charge is 0.286 e. The van der Waals surface area contributed by atoms with Crippen LogP contribution in [-0.2, 0) is 10.0 Å². The Bertz CT molecular complexity index is 1260. The molecule has 0 aliphatic rings. The molecule has 0 fully saturated rings. The number of ether oxygens (including phenoxy) is 2. The maximum atomic E-state index is 13.1. The van der Waals surface area contributed by atoms with Gasteiger partial charge >= 0.3 is 0 Å². The monoisotopic (exact) mass is 395 g/mol. The van der Waals surface area contributed by atoms with Crippen LogP contribution in [-0.4, -0.2) is 36.8 Å². The van der Waals surface area contributed by atoms with Crippen LogP contribution in [0.3, 0.4) is 0 Å². The fourth-order valence-corrected chi connectivity index (χ4v) is 4.28. The van der Waals surface area contributed by atoms with E-state index < -0.39 is 10.0 Å². The first kappa shape index (κ1) is 18.0. The number of fused-ring (bicyclic) bond motifs is 1. The maximum Gasteiger partial charge on any atom is 0.286 e. The zero-order valence-electron chi connectivity index (χ0n) is 15.2. The lowest BCUT2D eigenvalue weighted by Gasteiger charge is -2.11. The van der Waals surface area contributed by atoms with Gasteiger partial charge in [-0.1, -0.05) is 18.2 Å². The second kappa shape index (κ2) is 6.97. The molecule has 28 heavy (non-hydrogen) atoms. The minimum Gasteiger partial charge on any atom is -0.497 e. The maximum absolute atomic E-state index is 13.1. The lowest BCUT2D eigenvalue weighted by atomic mass is 10.1. The molecule has 0 unspecified atom stereocenters. The van der Waals surface area contributed by atoms with E-state index in [4.69, 9.17) is 9.47 Å². The second-order valence-corrected chi connectivity index (χ2v) is 7.74. The molecule has 0 radical (unpaired) electrons. The fourth-order valence-electron chi connectivity index (χ4n) is 2.99. The van der Waals surface area contributed by atoms with E-state index in [9.17, 15) is 8.42 Å². The van der Waals surface area contributed by atoms with Crippen molar-refractivity contribution < 1.29 is 17.9 Å². The van der Waals surface area contributed by atoms with Crippen molar-refractivity contribution >= 4 is 20.9 Å². The van der Waals surface area contributed by atoms with Crippen LogP contribution in [0.5, 0.6) is 11.5 Å². The Morgan fingerprint density at radius 2 is 1.79 bits per heavy atom. The Morgan fingerprint density at radius 3 is 2.57 bits per heavy atom. The van der Waals surface area contributed by atoms with Crippen molar-refractivity contribution in [1.29, 1.82) is 0 Å². The van der Waals surface area contributed by atoms with Gasteiger partial charge in [0.1, 0.15) is 16.4 Å². The van der Waals surface area contributed by atoms with Gasteiger partial charge in [-0.05, 0) is 30.3 Å². The van der Waals surface area contributed by atoms with Crippen LogP contribution < -0.4 is 9.47 Å². The second-order valence-electron chi connectivity index (χ2n) is 5.97. The van der Waals surface area contributed by atoms with Gasteiger partial charge in [0.15, 0.2) is 0 Å². The Morgan fingerprint density at radius 1 is 0.964 bits per heavy atom. The first-order valence-electron chi connectivity index (χ1n) is 8.42. The van der Waals surface area contributed by atoms with Crippen molar-refractivity contribution in [2.75, 3.05) is 14.2 Å². The summed E-state index contributed by atoms with van der Waals surface area (Å²) in [5, 5.41) is 5.21. The van der Waals surface area contributed by atoms with Gasteiger partial charge in [0.25, 0.3) is 10.0 Å². The first-order valence-corrected chi connectivity index (χ1v) is 9.86. The minimum absolute atomic E-state index is 0.0245. The van der Waals surface area contributed by atoms with Crippen molar-refractivity contribution in [3.63, 3.8) is 0 Å². The van der Waals surface area contributed by atoms with Crippen molar-refractivity contribution in [2.45, 2.75) is 4.90 Å². The topological polar surface area (TPSA) is 83.3 Å². The fraction of sp³-hybridized carbons (Fsp3) is 0.100. The van der Waals surface area contributed by atoms with Gasteiger partial charge in [-0.3, -0.25) is 4.98 Å². The minimum atomic E-state index is -3.97. The molecular formula is C20H17N3O4S. The third-order valence-electron chi connectivity index (χ3n) is 4.39. The molecule has 0 aliphatic carbocycles. The van der Waals surface area contributed by atoms with Gasteiger partial charge in [-0.2, -0.15) is 17.6 Å². The van der Waals surface area contributed by atoms with Gasteiger partial charge in [-0.15, -0.1) is 0 Å². The number of para-hydroxylation sites is 1. The molecule has 4 aromatic rings. The predicted octanol–water partition coefficient (Wildman–Crippen LogP) is 3.35. The summed E-state index contributed by atoms with van der Waals surface area (Å²) in [6.07, 6.45) is 3.09.